The van der Waals surface area contributed by atoms with E-state index in [1.165, 1.54) is 32.2 Å². The van der Waals surface area contributed by atoms with Crippen LogP contribution in [0.1, 0.15) is 23.7 Å². The summed E-state index contributed by atoms with van der Waals surface area (Å²) in [6.45, 7) is 1.48. The van der Waals surface area contributed by atoms with Crippen molar-refractivity contribution in [2.75, 3.05) is 12.8 Å². The predicted octanol–water partition coefficient (Wildman–Crippen LogP) is 3.65. The Hall–Kier alpha value is -3.33. The summed E-state index contributed by atoms with van der Waals surface area (Å²) < 4.78 is 55.3. The van der Waals surface area contributed by atoms with Gasteiger partial charge in [-0.1, -0.05) is 30.3 Å². The van der Waals surface area contributed by atoms with Crippen LogP contribution >= 0.6 is 0 Å². The molecule has 0 aliphatic carbocycles. The van der Waals surface area contributed by atoms with Gasteiger partial charge in [0.2, 0.25) is 16.0 Å². The smallest absolute Gasteiger partial charge is 0.239 e. The molecule has 4 rings (SSSR count). The van der Waals surface area contributed by atoms with E-state index in [1.807, 2.05) is 24.3 Å². The molecular weight excluding hydrogens is 422 g/mol. The number of rotatable bonds is 3. The van der Waals surface area contributed by atoms with Crippen molar-refractivity contribution in [3.63, 3.8) is 0 Å². The molecular formula is C22H20F2N4O2S. The van der Waals surface area contributed by atoms with Crippen LogP contribution in [-0.4, -0.2) is 36.5 Å². The van der Waals surface area contributed by atoms with E-state index in [4.69, 9.17) is 5.73 Å². The fourth-order valence-corrected chi connectivity index (χ4v) is 5.02. The summed E-state index contributed by atoms with van der Waals surface area (Å²) in [6, 6.07) is 13.0. The van der Waals surface area contributed by atoms with Crippen molar-refractivity contribution in [2.45, 2.75) is 12.5 Å². The van der Waals surface area contributed by atoms with Gasteiger partial charge in [-0.2, -0.15) is 0 Å². The standard InChI is InChI=1S/C22H20F2N4O2S/c1-22(13-31(29,30)28(2)21(25)27-22)17-9-14(7-8-18(17)23)10-19(24)20-11-15-5-3-4-6-16(15)12-26-20/h3-12H,13H2,1-2H3,(H2,25,27)/b19-10-/t22-/m0/s1. The number of fused-ring (bicyclic) bond motifs is 1. The minimum Gasteiger partial charge on any atom is -0.369 e. The third-order valence-electron chi connectivity index (χ3n) is 5.30. The van der Waals surface area contributed by atoms with Crippen LogP contribution in [-0.2, 0) is 15.6 Å². The van der Waals surface area contributed by atoms with Crippen LogP contribution in [0.2, 0.25) is 0 Å². The van der Waals surface area contributed by atoms with Crippen LogP contribution < -0.4 is 5.73 Å². The molecule has 0 bridgehead atoms. The quantitative estimate of drug-likeness (QED) is 0.671. The van der Waals surface area contributed by atoms with Gasteiger partial charge in [-0.05, 0) is 42.1 Å². The Morgan fingerprint density at radius 3 is 2.61 bits per heavy atom. The summed E-state index contributed by atoms with van der Waals surface area (Å²) in [5.74, 6) is -1.95. The van der Waals surface area contributed by atoms with Crippen molar-refractivity contribution >= 4 is 38.7 Å². The monoisotopic (exact) mass is 442 g/mol. The summed E-state index contributed by atoms with van der Waals surface area (Å²) >= 11 is 0. The number of nitrogens with two attached hydrogens (primary N) is 1. The zero-order valence-electron chi connectivity index (χ0n) is 16.9. The van der Waals surface area contributed by atoms with Gasteiger partial charge in [-0.15, -0.1) is 0 Å². The number of hydrogen-bond donors (Lipinski definition) is 1. The lowest BCUT2D eigenvalue weighted by Crippen LogP contribution is -2.50. The Kier molecular flexibility index (Phi) is 5.01. The van der Waals surface area contributed by atoms with Crippen molar-refractivity contribution < 1.29 is 17.2 Å². The van der Waals surface area contributed by atoms with Gasteiger partial charge in [0.25, 0.3) is 0 Å². The summed E-state index contributed by atoms with van der Waals surface area (Å²) in [7, 11) is -2.48. The number of halogens is 2. The first-order valence-corrected chi connectivity index (χ1v) is 11.0. The molecule has 0 radical (unpaired) electrons. The number of guanidine groups is 1. The lowest BCUT2D eigenvalue weighted by molar-refractivity contribution is 0.458. The van der Waals surface area contributed by atoms with Crippen molar-refractivity contribution in [3.05, 3.63) is 77.4 Å². The minimum absolute atomic E-state index is 0.0140. The maximum Gasteiger partial charge on any atom is 0.239 e. The van der Waals surface area contributed by atoms with Crippen LogP contribution in [0.4, 0.5) is 8.78 Å². The van der Waals surface area contributed by atoms with E-state index < -0.39 is 33.0 Å². The molecule has 0 spiro atoms. The van der Waals surface area contributed by atoms with Crippen LogP contribution in [0.15, 0.2) is 59.7 Å². The van der Waals surface area contributed by atoms with E-state index in [2.05, 4.69) is 9.98 Å². The topological polar surface area (TPSA) is 88.7 Å². The van der Waals surface area contributed by atoms with Gasteiger partial charge in [0.05, 0.1) is 11.4 Å². The number of aliphatic imine (C=N–C) groups is 1. The van der Waals surface area contributed by atoms with E-state index in [0.29, 0.717) is 5.56 Å². The van der Waals surface area contributed by atoms with Crippen LogP contribution in [0, 0.1) is 5.82 Å². The molecule has 2 N–H and O–H groups in total. The number of hydrogen-bond acceptors (Lipinski definition) is 5. The zero-order chi connectivity index (χ0) is 22.4. The fraction of sp³-hybridized carbons (Fsp3) is 0.182. The number of nitrogens with zero attached hydrogens (tertiary/aromatic N) is 3. The number of sulfonamides is 1. The third kappa shape index (κ3) is 3.88. The molecule has 0 unspecified atom stereocenters. The fourth-order valence-electron chi connectivity index (χ4n) is 3.57. The molecule has 1 atom stereocenters. The molecule has 9 heteroatoms. The van der Waals surface area contributed by atoms with Gasteiger partial charge in [-0.3, -0.25) is 4.98 Å². The molecule has 0 fully saturated rings. The van der Waals surface area contributed by atoms with E-state index in [0.717, 1.165) is 21.1 Å². The Bertz CT molecular complexity index is 1350. The predicted molar refractivity (Wildman–Crippen MR) is 118 cm³/mol. The van der Waals surface area contributed by atoms with Gasteiger partial charge >= 0.3 is 0 Å². The SMILES string of the molecule is CN1C(N)=N[C@](C)(c2cc(/C=C(\F)c3cc4ccccc4cn3)ccc2F)CS1(=O)=O. The molecule has 1 aliphatic rings. The number of aromatic nitrogens is 1. The first kappa shape index (κ1) is 20.9. The van der Waals surface area contributed by atoms with Gasteiger partial charge in [-0.25, -0.2) is 26.5 Å². The molecule has 0 amide bonds. The van der Waals surface area contributed by atoms with E-state index in [-0.39, 0.29) is 17.2 Å². The normalized spacial score (nSPS) is 21.2. The molecule has 0 saturated carbocycles. The van der Waals surface area contributed by atoms with Gasteiger partial charge in [0.1, 0.15) is 17.2 Å². The number of benzene rings is 2. The van der Waals surface area contributed by atoms with Crippen LogP contribution in [0.3, 0.4) is 0 Å². The lowest BCUT2D eigenvalue weighted by atomic mass is 9.92. The summed E-state index contributed by atoms with van der Waals surface area (Å²) in [6.07, 6.45) is 2.80. The van der Waals surface area contributed by atoms with Crippen LogP contribution in [0.25, 0.3) is 22.7 Å². The van der Waals surface area contributed by atoms with Gasteiger partial charge < -0.3 is 5.73 Å². The van der Waals surface area contributed by atoms with Gasteiger partial charge in [0.15, 0.2) is 0 Å². The Morgan fingerprint density at radius 1 is 1.19 bits per heavy atom. The average molecular weight is 442 g/mol. The molecule has 2 aromatic carbocycles. The highest BCUT2D eigenvalue weighted by Crippen LogP contribution is 2.34. The highest BCUT2D eigenvalue weighted by molar-refractivity contribution is 7.89. The lowest BCUT2D eigenvalue weighted by Gasteiger charge is -2.34. The molecule has 0 saturated heterocycles. The zero-order valence-corrected chi connectivity index (χ0v) is 17.7. The highest BCUT2D eigenvalue weighted by atomic mass is 32.2. The summed E-state index contributed by atoms with van der Waals surface area (Å²) in [4.78, 5) is 8.35. The maximum absolute atomic E-state index is 14.9. The minimum atomic E-state index is -3.77. The van der Waals surface area contributed by atoms with Crippen molar-refractivity contribution in [1.29, 1.82) is 0 Å². The molecule has 1 aliphatic heterocycles. The van der Waals surface area contributed by atoms with Crippen LogP contribution in [0.5, 0.6) is 0 Å². The maximum atomic E-state index is 14.9. The van der Waals surface area contributed by atoms with Crippen molar-refractivity contribution in [2.24, 2.45) is 10.7 Å². The van der Waals surface area contributed by atoms with E-state index in [9.17, 15) is 17.2 Å². The molecule has 31 heavy (non-hydrogen) atoms. The first-order valence-electron chi connectivity index (χ1n) is 9.43. The second-order valence-corrected chi connectivity index (χ2v) is 9.62. The average Bonchev–Trinajstić information content (AvgIpc) is 2.72. The number of pyridine rings is 1. The largest absolute Gasteiger partial charge is 0.369 e. The van der Waals surface area contributed by atoms with Gasteiger partial charge in [0, 0.05) is 24.2 Å². The molecule has 3 aromatic rings. The Balaban J connectivity index is 1.75. The molecule has 6 nitrogen and oxygen atoms in total. The molecule has 160 valence electrons. The molecule has 2 heterocycles. The first-order chi connectivity index (χ1) is 14.6. The van der Waals surface area contributed by atoms with Crippen molar-refractivity contribution in [1.82, 2.24) is 9.29 Å². The Morgan fingerprint density at radius 2 is 1.90 bits per heavy atom. The Labute approximate surface area is 178 Å². The summed E-state index contributed by atoms with van der Waals surface area (Å²) in [5, 5.41) is 1.72. The second-order valence-electron chi connectivity index (χ2n) is 7.62. The highest BCUT2D eigenvalue weighted by Gasteiger charge is 2.41. The molecule has 1 aromatic heterocycles. The van der Waals surface area contributed by atoms with Crippen molar-refractivity contribution in [3.8, 4) is 0 Å². The second kappa shape index (κ2) is 7.42. The third-order valence-corrected chi connectivity index (χ3v) is 7.25. The van der Waals surface area contributed by atoms with E-state index in [1.54, 1.807) is 12.3 Å². The summed E-state index contributed by atoms with van der Waals surface area (Å²) in [5.41, 5.74) is 4.80. The van der Waals surface area contributed by atoms with E-state index >= 15 is 0 Å².